The third-order valence-electron chi connectivity index (χ3n) is 6.07. The maximum absolute atomic E-state index is 5.18. The van der Waals surface area contributed by atoms with Crippen LogP contribution in [0.5, 0.6) is 11.5 Å². The van der Waals surface area contributed by atoms with Crippen molar-refractivity contribution < 1.29 is 9.47 Å². The van der Waals surface area contributed by atoms with Gasteiger partial charge in [-0.1, -0.05) is 54.6 Å². The van der Waals surface area contributed by atoms with Gasteiger partial charge in [0.1, 0.15) is 11.5 Å². The third-order valence-corrected chi connectivity index (χ3v) is 6.07. The summed E-state index contributed by atoms with van der Waals surface area (Å²) in [5.41, 5.74) is 5.15. The molecule has 5 aromatic carbocycles. The average molecular weight is 543 g/mol. The standard InChI is InChI=1S/C20H18N2O.C15H16N2O/c1-23-20-14-12-17(13-15-20)16-21-22(18-8-4-2-5-9-18)19-10-6-3-7-11-19;1-17(14-6-4-3-5-7-14)16-12-13-8-10-15(18-2)11-9-13/h2-16H,1H3;3-12H,1-2H3/b21-16+;16-12+. The second-order valence-electron chi connectivity index (χ2n) is 8.88. The summed E-state index contributed by atoms with van der Waals surface area (Å²) < 4.78 is 10.3. The maximum atomic E-state index is 5.18. The molecular formula is C35H34N4O2. The van der Waals surface area contributed by atoms with Crippen molar-refractivity contribution >= 4 is 29.5 Å². The zero-order valence-electron chi connectivity index (χ0n) is 23.5. The Bertz CT molecular complexity index is 1450. The van der Waals surface area contributed by atoms with Gasteiger partial charge in [-0.2, -0.15) is 10.2 Å². The van der Waals surface area contributed by atoms with Crippen LogP contribution in [0.1, 0.15) is 11.1 Å². The van der Waals surface area contributed by atoms with Crippen LogP contribution >= 0.6 is 0 Å². The quantitative estimate of drug-likeness (QED) is 0.140. The average Bonchev–Trinajstić information content (AvgIpc) is 3.06. The maximum Gasteiger partial charge on any atom is 0.118 e. The molecule has 0 bridgehead atoms. The Labute approximate surface area is 242 Å². The lowest BCUT2D eigenvalue weighted by Gasteiger charge is -2.19. The Morgan fingerprint density at radius 1 is 0.463 bits per heavy atom. The Kier molecular flexibility index (Phi) is 10.7. The monoisotopic (exact) mass is 542 g/mol. The number of ether oxygens (including phenoxy) is 2. The smallest absolute Gasteiger partial charge is 0.118 e. The second-order valence-corrected chi connectivity index (χ2v) is 8.88. The van der Waals surface area contributed by atoms with Gasteiger partial charge in [0.05, 0.1) is 43.7 Å². The molecule has 41 heavy (non-hydrogen) atoms. The lowest BCUT2D eigenvalue weighted by Crippen LogP contribution is -2.09. The van der Waals surface area contributed by atoms with E-state index >= 15 is 0 Å². The zero-order chi connectivity index (χ0) is 28.7. The largest absolute Gasteiger partial charge is 0.497 e. The van der Waals surface area contributed by atoms with Crippen LogP contribution in [0.4, 0.5) is 17.1 Å². The molecule has 0 atom stereocenters. The summed E-state index contributed by atoms with van der Waals surface area (Å²) in [6, 6.07) is 45.8. The van der Waals surface area contributed by atoms with Crippen molar-refractivity contribution in [3.8, 4) is 11.5 Å². The molecule has 0 amide bonds. The van der Waals surface area contributed by atoms with Crippen molar-refractivity contribution in [1.82, 2.24) is 0 Å². The van der Waals surface area contributed by atoms with Crippen LogP contribution in [0, 0.1) is 0 Å². The van der Waals surface area contributed by atoms with Crippen LogP contribution in [0.15, 0.2) is 150 Å². The topological polar surface area (TPSA) is 49.7 Å². The molecule has 5 rings (SSSR count). The minimum Gasteiger partial charge on any atom is -0.497 e. The van der Waals surface area contributed by atoms with Crippen LogP contribution in [0.25, 0.3) is 0 Å². The number of methoxy groups -OCH3 is 2. The minimum atomic E-state index is 0.838. The van der Waals surface area contributed by atoms with E-state index in [1.54, 1.807) is 14.2 Å². The predicted octanol–water partition coefficient (Wildman–Crippen LogP) is 8.03. The highest BCUT2D eigenvalue weighted by Gasteiger charge is 2.06. The number of hydrogen-bond acceptors (Lipinski definition) is 6. The van der Waals surface area contributed by atoms with Crippen molar-refractivity contribution in [3.05, 3.63) is 151 Å². The van der Waals surface area contributed by atoms with Gasteiger partial charge < -0.3 is 9.47 Å². The van der Waals surface area contributed by atoms with Gasteiger partial charge >= 0.3 is 0 Å². The Hall–Kier alpha value is -5.36. The van der Waals surface area contributed by atoms with Gasteiger partial charge in [0.2, 0.25) is 0 Å². The van der Waals surface area contributed by atoms with E-state index in [0.717, 1.165) is 39.7 Å². The highest BCUT2D eigenvalue weighted by atomic mass is 16.5. The van der Waals surface area contributed by atoms with Gasteiger partial charge in [0.15, 0.2) is 0 Å². The van der Waals surface area contributed by atoms with Crippen molar-refractivity contribution in [2.45, 2.75) is 0 Å². The van der Waals surface area contributed by atoms with E-state index in [0.29, 0.717) is 0 Å². The van der Waals surface area contributed by atoms with E-state index in [-0.39, 0.29) is 0 Å². The van der Waals surface area contributed by atoms with Gasteiger partial charge in [0.25, 0.3) is 0 Å². The summed E-state index contributed by atoms with van der Waals surface area (Å²) in [5.74, 6) is 1.69. The van der Waals surface area contributed by atoms with E-state index in [9.17, 15) is 0 Å². The lowest BCUT2D eigenvalue weighted by molar-refractivity contribution is 0.414. The van der Waals surface area contributed by atoms with E-state index in [1.165, 1.54) is 0 Å². The summed E-state index contributed by atoms with van der Waals surface area (Å²) in [4.78, 5) is 0. The van der Waals surface area contributed by atoms with Crippen LogP contribution in [-0.2, 0) is 0 Å². The molecule has 0 aromatic heterocycles. The van der Waals surface area contributed by atoms with Gasteiger partial charge in [-0.3, -0.25) is 5.01 Å². The first-order chi connectivity index (χ1) is 20.2. The summed E-state index contributed by atoms with van der Waals surface area (Å²) >= 11 is 0. The Balaban J connectivity index is 0.000000195. The third kappa shape index (κ3) is 8.83. The molecule has 0 fully saturated rings. The number of para-hydroxylation sites is 3. The number of benzene rings is 5. The number of hydrogen-bond donors (Lipinski definition) is 0. The van der Waals surface area contributed by atoms with E-state index < -0.39 is 0 Å². The van der Waals surface area contributed by atoms with Crippen LogP contribution in [0.3, 0.4) is 0 Å². The first kappa shape index (κ1) is 28.6. The molecule has 6 heteroatoms. The van der Waals surface area contributed by atoms with Gasteiger partial charge in [-0.25, -0.2) is 5.01 Å². The molecule has 0 saturated heterocycles. The fraction of sp³-hybridized carbons (Fsp3) is 0.0857. The normalized spacial score (nSPS) is 10.6. The molecule has 0 spiro atoms. The molecule has 0 aliphatic carbocycles. The van der Waals surface area contributed by atoms with Gasteiger partial charge in [-0.05, 0) is 96.1 Å². The number of hydrazone groups is 2. The summed E-state index contributed by atoms with van der Waals surface area (Å²) in [5, 5.41) is 12.8. The molecule has 206 valence electrons. The van der Waals surface area contributed by atoms with Crippen LogP contribution < -0.4 is 19.5 Å². The fourth-order valence-corrected chi connectivity index (χ4v) is 3.79. The molecule has 0 radical (unpaired) electrons. The fourth-order valence-electron chi connectivity index (χ4n) is 3.79. The molecule has 0 aliphatic heterocycles. The predicted molar refractivity (Wildman–Crippen MR) is 171 cm³/mol. The SMILES string of the molecule is COc1ccc(/C=N/N(C)c2ccccc2)cc1.COc1ccc(/C=N/N(c2ccccc2)c2ccccc2)cc1. The Morgan fingerprint density at radius 3 is 1.22 bits per heavy atom. The summed E-state index contributed by atoms with van der Waals surface area (Å²) in [6.07, 6.45) is 3.67. The zero-order valence-corrected chi connectivity index (χ0v) is 23.5. The molecule has 0 aliphatic rings. The van der Waals surface area contributed by atoms with Crippen molar-refractivity contribution in [2.75, 3.05) is 31.3 Å². The highest BCUT2D eigenvalue weighted by Crippen LogP contribution is 2.25. The molecule has 0 heterocycles. The van der Waals surface area contributed by atoms with Crippen LogP contribution in [-0.4, -0.2) is 33.7 Å². The number of anilines is 3. The van der Waals surface area contributed by atoms with Crippen molar-refractivity contribution in [3.63, 3.8) is 0 Å². The molecule has 0 N–H and O–H groups in total. The number of nitrogens with zero attached hydrogens (tertiary/aromatic N) is 4. The molecule has 0 saturated carbocycles. The highest BCUT2D eigenvalue weighted by molar-refractivity contribution is 5.82. The van der Waals surface area contributed by atoms with E-state index in [1.807, 2.05) is 169 Å². The van der Waals surface area contributed by atoms with Gasteiger partial charge in [-0.15, -0.1) is 0 Å². The summed E-state index contributed by atoms with van der Waals surface area (Å²) in [7, 11) is 5.25. The van der Waals surface area contributed by atoms with Crippen LogP contribution in [0.2, 0.25) is 0 Å². The second kappa shape index (κ2) is 15.3. The van der Waals surface area contributed by atoms with E-state index in [4.69, 9.17) is 9.47 Å². The van der Waals surface area contributed by atoms with E-state index in [2.05, 4.69) is 10.2 Å². The van der Waals surface area contributed by atoms with Crippen molar-refractivity contribution in [2.24, 2.45) is 10.2 Å². The first-order valence-corrected chi connectivity index (χ1v) is 13.2. The Morgan fingerprint density at radius 2 is 0.829 bits per heavy atom. The first-order valence-electron chi connectivity index (χ1n) is 13.2. The van der Waals surface area contributed by atoms with Crippen molar-refractivity contribution in [1.29, 1.82) is 0 Å². The summed E-state index contributed by atoms with van der Waals surface area (Å²) in [6.45, 7) is 0. The lowest BCUT2D eigenvalue weighted by atomic mass is 10.2. The minimum absolute atomic E-state index is 0.838. The molecule has 0 unspecified atom stereocenters. The van der Waals surface area contributed by atoms with Gasteiger partial charge in [0, 0.05) is 7.05 Å². The molecular weight excluding hydrogens is 508 g/mol. The number of rotatable bonds is 9. The molecule has 5 aromatic rings. The molecule has 6 nitrogen and oxygen atoms in total.